The summed E-state index contributed by atoms with van der Waals surface area (Å²) in [6, 6.07) is 9.18. The summed E-state index contributed by atoms with van der Waals surface area (Å²) in [6.45, 7) is 2.89. The number of aryl methyl sites for hydroxylation is 1. The van der Waals surface area contributed by atoms with Gasteiger partial charge in [0.05, 0.1) is 4.88 Å². The monoisotopic (exact) mass is 276 g/mol. The van der Waals surface area contributed by atoms with Crippen molar-refractivity contribution in [2.24, 2.45) is 5.73 Å². The van der Waals surface area contributed by atoms with Crippen LogP contribution in [0.15, 0.2) is 35.7 Å². The molecule has 5 heteroatoms. The number of carbonyl (C=O) groups excluding carboxylic acids is 1. The second kappa shape index (κ2) is 6.36. The molecule has 0 saturated heterocycles. The van der Waals surface area contributed by atoms with Crippen molar-refractivity contribution in [3.63, 3.8) is 0 Å². The highest BCUT2D eigenvalue weighted by Gasteiger charge is 2.10. The number of nitrogens with one attached hydrogen (secondary N) is 1. The average Bonchev–Trinajstić information content (AvgIpc) is 2.84. The van der Waals surface area contributed by atoms with Crippen molar-refractivity contribution in [2.75, 3.05) is 18.5 Å². The van der Waals surface area contributed by atoms with Gasteiger partial charge in [-0.2, -0.15) is 0 Å². The van der Waals surface area contributed by atoms with Crippen LogP contribution in [0.2, 0.25) is 0 Å². The number of nitrogens with two attached hydrogens (primary N) is 1. The van der Waals surface area contributed by atoms with Crippen LogP contribution in [-0.4, -0.2) is 19.1 Å². The quantitative estimate of drug-likeness (QED) is 0.882. The van der Waals surface area contributed by atoms with Gasteiger partial charge in [0.2, 0.25) is 0 Å². The summed E-state index contributed by atoms with van der Waals surface area (Å²) in [5.41, 5.74) is 7.10. The highest BCUT2D eigenvalue weighted by Crippen LogP contribution is 2.19. The fraction of sp³-hybridized carbons (Fsp3) is 0.214. The van der Waals surface area contributed by atoms with E-state index in [1.165, 1.54) is 11.3 Å². The molecule has 0 aliphatic carbocycles. The zero-order chi connectivity index (χ0) is 13.7. The van der Waals surface area contributed by atoms with E-state index in [0.29, 0.717) is 13.2 Å². The predicted molar refractivity (Wildman–Crippen MR) is 78.0 cm³/mol. The number of carbonyl (C=O) groups is 1. The predicted octanol–water partition coefficient (Wildman–Crippen LogP) is 2.65. The summed E-state index contributed by atoms with van der Waals surface area (Å²) < 4.78 is 5.37. The van der Waals surface area contributed by atoms with Crippen molar-refractivity contribution >= 4 is 22.9 Å². The molecular formula is C14H16N2O2S. The summed E-state index contributed by atoms with van der Waals surface area (Å²) in [5.74, 6) is 0.666. The van der Waals surface area contributed by atoms with Gasteiger partial charge in [0.15, 0.2) is 0 Å². The number of hydrogen-bond donors (Lipinski definition) is 2. The van der Waals surface area contributed by atoms with Crippen molar-refractivity contribution in [1.82, 2.24) is 0 Å². The molecule has 2 rings (SSSR count). The molecule has 0 spiro atoms. The first-order valence-corrected chi connectivity index (χ1v) is 6.87. The van der Waals surface area contributed by atoms with Crippen molar-refractivity contribution in [1.29, 1.82) is 0 Å². The van der Waals surface area contributed by atoms with Crippen molar-refractivity contribution in [2.45, 2.75) is 6.92 Å². The Morgan fingerprint density at radius 1 is 1.32 bits per heavy atom. The molecule has 19 heavy (non-hydrogen) atoms. The fourth-order valence-electron chi connectivity index (χ4n) is 1.60. The van der Waals surface area contributed by atoms with Gasteiger partial charge < -0.3 is 15.8 Å². The van der Waals surface area contributed by atoms with Crippen LogP contribution in [0.3, 0.4) is 0 Å². The number of ether oxygens (including phenoxy) is 1. The Balaban J connectivity index is 2.00. The molecule has 0 atom stereocenters. The van der Waals surface area contributed by atoms with Crippen LogP contribution in [0.25, 0.3) is 0 Å². The molecule has 3 N–H and O–H groups in total. The van der Waals surface area contributed by atoms with Gasteiger partial charge in [-0.1, -0.05) is 0 Å². The number of hydrogen-bond acceptors (Lipinski definition) is 4. The van der Waals surface area contributed by atoms with E-state index >= 15 is 0 Å². The SMILES string of the molecule is Cc1ccsc1C(=O)Nc1ccc(OCCN)cc1. The minimum Gasteiger partial charge on any atom is -0.492 e. The molecule has 1 aromatic carbocycles. The molecule has 0 saturated carbocycles. The van der Waals surface area contributed by atoms with Gasteiger partial charge in [0.25, 0.3) is 5.91 Å². The Kier molecular flexibility index (Phi) is 4.54. The third kappa shape index (κ3) is 3.56. The number of anilines is 1. The summed E-state index contributed by atoms with van der Waals surface area (Å²) in [7, 11) is 0. The lowest BCUT2D eigenvalue weighted by atomic mass is 10.2. The smallest absolute Gasteiger partial charge is 0.265 e. The zero-order valence-corrected chi connectivity index (χ0v) is 11.5. The number of rotatable bonds is 5. The summed E-state index contributed by atoms with van der Waals surface area (Å²) in [5, 5.41) is 4.77. The van der Waals surface area contributed by atoms with Crippen LogP contribution in [-0.2, 0) is 0 Å². The number of benzene rings is 1. The first-order valence-electron chi connectivity index (χ1n) is 5.99. The topological polar surface area (TPSA) is 64.3 Å². The first-order chi connectivity index (χ1) is 9.20. The van der Waals surface area contributed by atoms with Gasteiger partial charge in [-0.25, -0.2) is 0 Å². The number of thiophene rings is 1. The van der Waals surface area contributed by atoms with Crippen molar-refractivity contribution in [3.05, 3.63) is 46.2 Å². The van der Waals surface area contributed by atoms with Crippen LogP contribution in [0, 0.1) is 6.92 Å². The third-order valence-corrected chi connectivity index (χ3v) is 3.58. The molecule has 4 nitrogen and oxygen atoms in total. The van der Waals surface area contributed by atoms with Crippen molar-refractivity contribution < 1.29 is 9.53 Å². The van der Waals surface area contributed by atoms with Gasteiger partial charge in [-0.15, -0.1) is 11.3 Å². The van der Waals surface area contributed by atoms with Gasteiger partial charge in [0.1, 0.15) is 12.4 Å². The average molecular weight is 276 g/mol. The largest absolute Gasteiger partial charge is 0.492 e. The minimum absolute atomic E-state index is 0.0804. The normalized spacial score (nSPS) is 10.2. The lowest BCUT2D eigenvalue weighted by Gasteiger charge is -2.07. The van der Waals surface area contributed by atoms with E-state index in [1.54, 1.807) is 0 Å². The molecule has 0 fully saturated rings. The van der Waals surface area contributed by atoms with Gasteiger partial charge in [-0.3, -0.25) is 4.79 Å². The summed E-state index contributed by atoms with van der Waals surface area (Å²) >= 11 is 1.44. The lowest BCUT2D eigenvalue weighted by molar-refractivity contribution is 0.103. The molecule has 2 aromatic rings. The zero-order valence-electron chi connectivity index (χ0n) is 10.7. The van der Waals surface area contributed by atoms with E-state index in [2.05, 4.69) is 5.32 Å². The maximum Gasteiger partial charge on any atom is 0.265 e. The van der Waals surface area contributed by atoms with Crippen LogP contribution >= 0.6 is 11.3 Å². The molecule has 0 radical (unpaired) electrons. The molecule has 1 aromatic heterocycles. The Morgan fingerprint density at radius 2 is 2.05 bits per heavy atom. The molecular weight excluding hydrogens is 260 g/mol. The van der Waals surface area contributed by atoms with Gasteiger partial charge in [-0.05, 0) is 48.2 Å². The van der Waals surface area contributed by atoms with Crippen molar-refractivity contribution in [3.8, 4) is 5.75 Å². The number of amides is 1. The fourth-order valence-corrected chi connectivity index (χ4v) is 2.42. The van der Waals surface area contributed by atoms with E-state index < -0.39 is 0 Å². The standard InChI is InChI=1S/C14H16N2O2S/c1-10-6-9-19-13(10)14(17)16-11-2-4-12(5-3-11)18-8-7-15/h2-6,9H,7-8,15H2,1H3,(H,16,17). The van der Waals surface area contributed by atoms with E-state index in [1.807, 2.05) is 42.6 Å². The Bertz CT molecular complexity index is 549. The highest BCUT2D eigenvalue weighted by molar-refractivity contribution is 7.12. The molecule has 1 amide bonds. The van der Waals surface area contributed by atoms with Gasteiger partial charge >= 0.3 is 0 Å². The third-order valence-electron chi connectivity index (χ3n) is 2.57. The van der Waals surface area contributed by atoms with Crippen LogP contribution in [0.1, 0.15) is 15.2 Å². The second-order valence-electron chi connectivity index (χ2n) is 4.05. The molecule has 100 valence electrons. The maximum absolute atomic E-state index is 12.0. The van der Waals surface area contributed by atoms with E-state index in [9.17, 15) is 4.79 Å². The summed E-state index contributed by atoms with van der Waals surface area (Å²) in [4.78, 5) is 12.7. The lowest BCUT2D eigenvalue weighted by Crippen LogP contribution is -2.12. The Hall–Kier alpha value is -1.85. The molecule has 0 bridgehead atoms. The maximum atomic E-state index is 12.0. The molecule has 0 aliphatic heterocycles. The van der Waals surface area contributed by atoms with Crippen LogP contribution in [0.5, 0.6) is 5.75 Å². The van der Waals surface area contributed by atoms with E-state index in [4.69, 9.17) is 10.5 Å². The molecule has 1 heterocycles. The molecule has 0 unspecified atom stereocenters. The summed E-state index contributed by atoms with van der Waals surface area (Å²) in [6.07, 6.45) is 0. The van der Waals surface area contributed by atoms with Crippen LogP contribution in [0.4, 0.5) is 5.69 Å². The Labute approximate surface area is 116 Å². The second-order valence-corrected chi connectivity index (χ2v) is 4.96. The first kappa shape index (κ1) is 13.6. The van der Waals surface area contributed by atoms with Gasteiger partial charge in [0, 0.05) is 12.2 Å². The Morgan fingerprint density at radius 3 is 2.63 bits per heavy atom. The molecule has 0 aliphatic rings. The minimum atomic E-state index is -0.0804. The van der Waals surface area contributed by atoms with E-state index in [0.717, 1.165) is 21.9 Å². The highest BCUT2D eigenvalue weighted by atomic mass is 32.1. The van der Waals surface area contributed by atoms with E-state index in [-0.39, 0.29) is 5.91 Å². The van der Waals surface area contributed by atoms with Crippen LogP contribution < -0.4 is 15.8 Å².